The Morgan fingerprint density at radius 1 is 1.08 bits per heavy atom. The summed E-state index contributed by atoms with van der Waals surface area (Å²) in [4.78, 5) is 18.0. The van der Waals surface area contributed by atoms with Crippen LogP contribution >= 0.6 is 11.8 Å². The van der Waals surface area contributed by atoms with Gasteiger partial charge in [0.05, 0.1) is 17.2 Å². The summed E-state index contributed by atoms with van der Waals surface area (Å²) in [6.07, 6.45) is 8.53. The van der Waals surface area contributed by atoms with Crippen molar-refractivity contribution in [3.63, 3.8) is 0 Å². The highest BCUT2D eigenvalue weighted by molar-refractivity contribution is 8.18. The number of carbonyl (C=O) groups is 1. The summed E-state index contributed by atoms with van der Waals surface area (Å²) in [5.74, 6) is 0.0170. The van der Waals surface area contributed by atoms with Gasteiger partial charge in [-0.3, -0.25) is 0 Å². The van der Waals surface area contributed by atoms with Crippen LogP contribution in [0.15, 0.2) is 81.9 Å². The molecule has 0 radical (unpaired) electrons. The Morgan fingerprint density at radius 3 is 2.47 bits per heavy atom. The van der Waals surface area contributed by atoms with Crippen LogP contribution in [0.3, 0.4) is 0 Å². The second-order valence-corrected chi connectivity index (χ2v) is 10.9. The number of ether oxygens (including phenoxy) is 1. The molecule has 0 saturated heterocycles. The van der Waals surface area contributed by atoms with Gasteiger partial charge in [0.1, 0.15) is 16.4 Å². The van der Waals surface area contributed by atoms with Crippen molar-refractivity contribution in [1.82, 2.24) is 4.57 Å². The predicted octanol–water partition coefficient (Wildman–Crippen LogP) is 8.33. The molecule has 38 heavy (non-hydrogen) atoms. The second kappa shape index (κ2) is 11.5. The number of hydrogen-bond acceptors (Lipinski definition) is 5. The van der Waals surface area contributed by atoms with E-state index >= 15 is 0 Å². The van der Waals surface area contributed by atoms with Gasteiger partial charge in [-0.15, -0.1) is 0 Å². The average molecular weight is 527 g/mol. The third-order valence-electron chi connectivity index (χ3n) is 7.34. The molecule has 1 fully saturated rings. The fraction of sp³-hybridized carbons (Fsp3) is 0.312. The molecule has 196 valence electrons. The van der Waals surface area contributed by atoms with E-state index in [-0.39, 0.29) is 17.9 Å². The standard InChI is InChI=1S/C32H34N2O3S/c1-4-37-32(36)29-30(35)28(38-31(29)33-26-13-9-6-10-14-26)20-25-19-21(2)34(22(25)3)27-17-15-24(16-18-27)23-11-7-5-8-12-23/h6,9-10,13-20,23,35H,4-5,7-8,11-12H2,1-3H3/b28-20-,33-31?. The van der Waals surface area contributed by atoms with Crippen LogP contribution in [0.5, 0.6) is 0 Å². The quantitative estimate of drug-likeness (QED) is 0.328. The van der Waals surface area contributed by atoms with Crippen LogP contribution in [0, 0.1) is 13.8 Å². The minimum atomic E-state index is -0.570. The van der Waals surface area contributed by atoms with Crippen molar-refractivity contribution in [2.75, 3.05) is 6.61 Å². The van der Waals surface area contributed by atoms with Gasteiger partial charge in [0.25, 0.3) is 0 Å². The molecule has 1 aliphatic carbocycles. The molecule has 5 rings (SSSR count). The van der Waals surface area contributed by atoms with E-state index in [2.05, 4.69) is 53.7 Å². The Bertz CT molecular complexity index is 1410. The fourth-order valence-electron chi connectivity index (χ4n) is 5.42. The Morgan fingerprint density at radius 2 is 1.79 bits per heavy atom. The third kappa shape index (κ3) is 5.37. The number of aryl methyl sites for hydroxylation is 1. The van der Waals surface area contributed by atoms with Crippen LogP contribution in [-0.2, 0) is 9.53 Å². The number of aliphatic hydroxyl groups excluding tert-OH is 1. The van der Waals surface area contributed by atoms with Gasteiger partial charge in [0.15, 0.2) is 0 Å². The summed E-state index contributed by atoms with van der Waals surface area (Å²) in [7, 11) is 0. The molecule has 1 aromatic heterocycles. The fourth-order valence-corrected chi connectivity index (χ4v) is 6.44. The molecular formula is C32H34N2O3S. The van der Waals surface area contributed by atoms with Gasteiger partial charge in [-0.05, 0) is 87.1 Å². The molecule has 0 atom stereocenters. The molecule has 5 nitrogen and oxygen atoms in total. The van der Waals surface area contributed by atoms with Gasteiger partial charge in [-0.1, -0.05) is 61.4 Å². The van der Waals surface area contributed by atoms with E-state index in [0.29, 0.717) is 21.6 Å². The molecular weight excluding hydrogens is 492 g/mol. The van der Waals surface area contributed by atoms with E-state index in [0.717, 1.165) is 22.6 Å². The van der Waals surface area contributed by atoms with Crippen LogP contribution < -0.4 is 0 Å². The van der Waals surface area contributed by atoms with E-state index in [1.54, 1.807) is 6.92 Å². The molecule has 0 unspecified atom stereocenters. The van der Waals surface area contributed by atoms with Crippen molar-refractivity contribution in [3.05, 3.63) is 99.4 Å². The highest BCUT2D eigenvalue weighted by Crippen LogP contribution is 2.41. The van der Waals surface area contributed by atoms with E-state index in [1.165, 1.54) is 49.4 Å². The zero-order valence-corrected chi connectivity index (χ0v) is 23.1. The van der Waals surface area contributed by atoms with Gasteiger partial charge in [0.2, 0.25) is 0 Å². The molecule has 0 bridgehead atoms. The molecule has 2 heterocycles. The predicted molar refractivity (Wildman–Crippen MR) is 156 cm³/mol. The van der Waals surface area contributed by atoms with Gasteiger partial charge in [-0.2, -0.15) is 0 Å². The third-order valence-corrected chi connectivity index (χ3v) is 8.36. The average Bonchev–Trinajstić information content (AvgIpc) is 3.39. The monoisotopic (exact) mass is 526 g/mol. The number of thioether (sulfide) groups is 1. The molecule has 1 N–H and O–H groups in total. The maximum absolute atomic E-state index is 12.7. The number of para-hydroxylation sites is 1. The summed E-state index contributed by atoms with van der Waals surface area (Å²) < 4.78 is 7.48. The van der Waals surface area contributed by atoms with E-state index in [1.807, 2.05) is 36.4 Å². The largest absolute Gasteiger partial charge is 0.506 e. The second-order valence-electron chi connectivity index (χ2n) is 9.90. The molecule has 1 aliphatic heterocycles. The summed E-state index contributed by atoms with van der Waals surface area (Å²) in [6.45, 7) is 6.14. The number of aliphatic hydroxyl groups is 1. The van der Waals surface area contributed by atoms with Crippen LogP contribution in [0.2, 0.25) is 0 Å². The van der Waals surface area contributed by atoms with Crippen molar-refractivity contribution in [2.24, 2.45) is 4.99 Å². The molecule has 1 saturated carbocycles. The van der Waals surface area contributed by atoms with E-state index in [9.17, 15) is 9.90 Å². The highest BCUT2D eigenvalue weighted by Gasteiger charge is 2.33. The Kier molecular flexibility index (Phi) is 7.89. The molecule has 6 heteroatoms. The van der Waals surface area contributed by atoms with Gasteiger partial charge in [0, 0.05) is 17.1 Å². The van der Waals surface area contributed by atoms with Crippen LogP contribution in [0.1, 0.15) is 67.5 Å². The lowest BCUT2D eigenvalue weighted by atomic mass is 9.84. The minimum absolute atomic E-state index is 0.0928. The van der Waals surface area contributed by atoms with Crippen molar-refractivity contribution in [3.8, 4) is 5.69 Å². The molecule has 0 amide bonds. The number of benzene rings is 2. The Labute approximate surface area is 229 Å². The SMILES string of the molecule is CCOC(=O)C1=C(O)/C(=C/c2cc(C)n(-c3ccc(C4CCCCC4)cc3)c2C)SC1=Nc1ccccc1. The number of hydrogen-bond donors (Lipinski definition) is 1. The molecule has 0 spiro atoms. The maximum atomic E-state index is 12.7. The van der Waals surface area contributed by atoms with Crippen LogP contribution in [0.25, 0.3) is 11.8 Å². The van der Waals surface area contributed by atoms with Crippen molar-refractivity contribution in [2.45, 2.75) is 58.8 Å². The van der Waals surface area contributed by atoms with Crippen LogP contribution in [-0.4, -0.2) is 27.3 Å². The first-order valence-electron chi connectivity index (χ1n) is 13.4. The topological polar surface area (TPSA) is 63.8 Å². The molecule has 2 aromatic carbocycles. The van der Waals surface area contributed by atoms with Crippen molar-refractivity contribution >= 4 is 34.5 Å². The maximum Gasteiger partial charge on any atom is 0.344 e. The van der Waals surface area contributed by atoms with Crippen molar-refractivity contribution < 1.29 is 14.6 Å². The number of nitrogens with zero attached hydrogens (tertiary/aromatic N) is 2. The summed E-state index contributed by atoms with van der Waals surface area (Å²) in [6, 6.07) is 20.5. The lowest BCUT2D eigenvalue weighted by Crippen LogP contribution is -2.12. The summed E-state index contributed by atoms with van der Waals surface area (Å²) in [5.41, 5.74) is 6.54. The zero-order valence-electron chi connectivity index (χ0n) is 22.2. The zero-order chi connectivity index (χ0) is 26.6. The lowest BCUT2D eigenvalue weighted by molar-refractivity contribution is -0.138. The van der Waals surface area contributed by atoms with E-state index < -0.39 is 5.97 Å². The first-order valence-corrected chi connectivity index (χ1v) is 14.2. The van der Waals surface area contributed by atoms with E-state index in [4.69, 9.17) is 4.74 Å². The Hall–Kier alpha value is -3.51. The van der Waals surface area contributed by atoms with Gasteiger partial charge in [-0.25, -0.2) is 9.79 Å². The normalized spacial score (nSPS) is 18.5. The summed E-state index contributed by atoms with van der Waals surface area (Å²) in [5, 5.41) is 11.5. The number of carbonyl (C=O) groups excluding carboxylic acids is 1. The molecule has 3 aromatic rings. The first-order chi connectivity index (χ1) is 18.5. The van der Waals surface area contributed by atoms with Gasteiger partial charge >= 0.3 is 5.97 Å². The van der Waals surface area contributed by atoms with Gasteiger partial charge < -0.3 is 14.4 Å². The van der Waals surface area contributed by atoms with Crippen LogP contribution in [0.4, 0.5) is 5.69 Å². The smallest absolute Gasteiger partial charge is 0.344 e. The molecule has 2 aliphatic rings. The minimum Gasteiger partial charge on any atom is -0.506 e. The van der Waals surface area contributed by atoms with Crippen molar-refractivity contribution in [1.29, 1.82) is 0 Å². The lowest BCUT2D eigenvalue weighted by Gasteiger charge is -2.22. The number of aromatic nitrogens is 1. The first kappa shape index (κ1) is 26.1. The number of esters is 1. The highest BCUT2D eigenvalue weighted by atomic mass is 32.2. The Balaban J connectivity index is 1.47. The number of aliphatic imine (C=N–C) groups is 1. The summed E-state index contributed by atoms with van der Waals surface area (Å²) >= 11 is 1.29. The number of rotatable bonds is 6.